The number of nitrogens with zero attached hydrogens (tertiary/aromatic N) is 1. The molecule has 0 unspecified atom stereocenters. The molecule has 3 nitrogen and oxygen atoms in total. The first kappa shape index (κ1) is 14.5. The molecule has 0 aliphatic carbocycles. The highest BCUT2D eigenvalue weighted by atomic mass is 16.1. The predicted molar refractivity (Wildman–Crippen MR) is 83.8 cm³/mol. The summed E-state index contributed by atoms with van der Waals surface area (Å²) in [5.74, 6) is 0.509. The minimum atomic E-state index is -0.00423. The lowest BCUT2D eigenvalue weighted by molar-refractivity contribution is 0.830. The fourth-order valence-corrected chi connectivity index (χ4v) is 2.43. The topological polar surface area (TPSA) is 48.0 Å². The second kappa shape index (κ2) is 5.63. The first-order chi connectivity index (χ1) is 9.45. The van der Waals surface area contributed by atoms with Gasteiger partial charge in [0.25, 0.3) is 5.56 Å². The fraction of sp³-hybridized carbons (Fsp3) is 0.353. The molecule has 106 valence electrons. The van der Waals surface area contributed by atoms with Crippen molar-refractivity contribution in [3.05, 3.63) is 57.4 Å². The van der Waals surface area contributed by atoms with Gasteiger partial charge in [-0.15, -0.1) is 0 Å². The third kappa shape index (κ3) is 2.54. The van der Waals surface area contributed by atoms with E-state index in [-0.39, 0.29) is 12.1 Å². The van der Waals surface area contributed by atoms with E-state index >= 15 is 0 Å². The number of nitrogens with two attached hydrogens (primary N) is 1. The Morgan fingerprint density at radius 3 is 2.30 bits per heavy atom. The molecule has 1 aromatic heterocycles. The molecule has 2 aromatic rings. The monoisotopic (exact) mass is 270 g/mol. The van der Waals surface area contributed by atoms with Gasteiger partial charge in [0.2, 0.25) is 0 Å². The Bertz CT molecular complexity index is 667. The van der Waals surface area contributed by atoms with Gasteiger partial charge in [0, 0.05) is 19.2 Å². The third-order valence-corrected chi connectivity index (χ3v) is 3.83. The highest BCUT2D eigenvalue weighted by Crippen LogP contribution is 2.23. The Morgan fingerprint density at radius 1 is 1.20 bits per heavy atom. The molecule has 1 aromatic carbocycles. The van der Waals surface area contributed by atoms with Crippen LogP contribution in [-0.2, 0) is 13.6 Å². The largest absolute Gasteiger partial charge is 0.326 e. The summed E-state index contributed by atoms with van der Waals surface area (Å²) in [7, 11) is 1.80. The second-order valence-corrected chi connectivity index (χ2v) is 5.54. The molecule has 0 radical (unpaired) electrons. The zero-order valence-corrected chi connectivity index (χ0v) is 12.6. The van der Waals surface area contributed by atoms with Gasteiger partial charge < -0.3 is 10.3 Å². The van der Waals surface area contributed by atoms with E-state index in [9.17, 15) is 4.79 Å². The van der Waals surface area contributed by atoms with Crippen LogP contribution in [-0.4, -0.2) is 4.57 Å². The van der Waals surface area contributed by atoms with Gasteiger partial charge in [0.05, 0.1) is 5.69 Å². The quantitative estimate of drug-likeness (QED) is 0.932. The molecular formula is C17H22N2O. The van der Waals surface area contributed by atoms with Gasteiger partial charge >= 0.3 is 0 Å². The number of pyridine rings is 1. The van der Waals surface area contributed by atoms with Gasteiger partial charge in [-0.25, -0.2) is 0 Å². The summed E-state index contributed by atoms with van der Waals surface area (Å²) in [6, 6.07) is 10.4. The number of rotatable bonds is 3. The molecule has 0 saturated carbocycles. The Hall–Kier alpha value is -1.87. The summed E-state index contributed by atoms with van der Waals surface area (Å²) >= 11 is 0. The van der Waals surface area contributed by atoms with Crippen LogP contribution in [0.2, 0.25) is 0 Å². The summed E-state index contributed by atoms with van der Waals surface area (Å²) in [6.07, 6.45) is 0. The Morgan fingerprint density at radius 2 is 1.80 bits per heavy atom. The minimum Gasteiger partial charge on any atom is -0.326 e. The maximum atomic E-state index is 12.3. The average Bonchev–Trinajstić information content (AvgIpc) is 2.43. The van der Waals surface area contributed by atoms with Gasteiger partial charge in [-0.3, -0.25) is 4.79 Å². The lowest BCUT2D eigenvalue weighted by Gasteiger charge is -2.13. The summed E-state index contributed by atoms with van der Waals surface area (Å²) in [4.78, 5) is 12.3. The zero-order chi connectivity index (χ0) is 14.9. The maximum Gasteiger partial charge on any atom is 0.255 e. The number of hydrogen-bond donors (Lipinski definition) is 1. The maximum absolute atomic E-state index is 12.3. The van der Waals surface area contributed by atoms with E-state index in [1.54, 1.807) is 11.6 Å². The van der Waals surface area contributed by atoms with Crippen molar-refractivity contribution in [3.8, 4) is 11.3 Å². The van der Waals surface area contributed by atoms with E-state index in [0.717, 1.165) is 16.8 Å². The Kier molecular flexibility index (Phi) is 4.09. The molecule has 20 heavy (non-hydrogen) atoms. The molecule has 0 fully saturated rings. The SMILES string of the molecule is Cc1cc(-c2ccc(C(C)C)cc2)n(C)c(=O)c1CN. The lowest BCUT2D eigenvalue weighted by atomic mass is 9.99. The first-order valence-corrected chi connectivity index (χ1v) is 6.95. The first-order valence-electron chi connectivity index (χ1n) is 6.95. The number of benzene rings is 1. The molecule has 0 aliphatic rings. The molecular weight excluding hydrogens is 248 g/mol. The van der Waals surface area contributed by atoms with Crippen LogP contribution in [0.1, 0.15) is 36.5 Å². The van der Waals surface area contributed by atoms with Gasteiger partial charge in [-0.2, -0.15) is 0 Å². The number of aromatic nitrogens is 1. The molecule has 2 N–H and O–H groups in total. The van der Waals surface area contributed by atoms with Crippen molar-refractivity contribution in [1.82, 2.24) is 4.57 Å². The van der Waals surface area contributed by atoms with Crippen LogP contribution in [0.5, 0.6) is 0 Å². The molecule has 0 spiro atoms. The van der Waals surface area contributed by atoms with E-state index in [2.05, 4.69) is 38.1 Å². The van der Waals surface area contributed by atoms with Crippen molar-refractivity contribution in [2.24, 2.45) is 12.8 Å². The van der Waals surface area contributed by atoms with Crippen molar-refractivity contribution >= 4 is 0 Å². The van der Waals surface area contributed by atoms with Crippen LogP contribution in [0.15, 0.2) is 35.1 Å². The Balaban J connectivity index is 2.56. The third-order valence-electron chi connectivity index (χ3n) is 3.83. The van der Waals surface area contributed by atoms with Crippen LogP contribution in [0.3, 0.4) is 0 Å². The molecule has 0 bridgehead atoms. The highest BCUT2D eigenvalue weighted by molar-refractivity contribution is 5.61. The van der Waals surface area contributed by atoms with Crippen LogP contribution >= 0.6 is 0 Å². The van der Waals surface area contributed by atoms with E-state index < -0.39 is 0 Å². The molecule has 1 heterocycles. The lowest BCUT2D eigenvalue weighted by Crippen LogP contribution is -2.25. The van der Waals surface area contributed by atoms with E-state index in [4.69, 9.17) is 5.73 Å². The highest BCUT2D eigenvalue weighted by Gasteiger charge is 2.10. The summed E-state index contributed by atoms with van der Waals surface area (Å²) < 4.78 is 1.68. The van der Waals surface area contributed by atoms with Gasteiger partial charge in [-0.05, 0) is 35.6 Å². The van der Waals surface area contributed by atoms with Crippen LogP contribution in [0.4, 0.5) is 0 Å². The smallest absolute Gasteiger partial charge is 0.255 e. The van der Waals surface area contributed by atoms with Gasteiger partial charge in [0.1, 0.15) is 0 Å². The van der Waals surface area contributed by atoms with Gasteiger partial charge in [0.15, 0.2) is 0 Å². The van der Waals surface area contributed by atoms with Crippen LogP contribution in [0, 0.1) is 6.92 Å². The summed E-state index contributed by atoms with van der Waals surface area (Å²) in [5.41, 5.74) is 10.6. The normalized spacial score (nSPS) is 11.1. The number of hydrogen-bond acceptors (Lipinski definition) is 2. The molecule has 0 aliphatic heterocycles. The predicted octanol–water partition coefficient (Wildman–Crippen LogP) is 2.94. The summed E-state index contributed by atoms with van der Waals surface area (Å²) in [6.45, 7) is 6.57. The zero-order valence-electron chi connectivity index (χ0n) is 12.6. The van der Waals surface area contributed by atoms with E-state index in [1.807, 2.05) is 13.0 Å². The summed E-state index contributed by atoms with van der Waals surface area (Å²) in [5, 5.41) is 0. The van der Waals surface area contributed by atoms with Crippen molar-refractivity contribution < 1.29 is 0 Å². The van der Waals surface area contributed by atoms with Crippen molar-refractivity contribution in [2.45, 2.75) is 33.2 Å². The molecule has 0 saturated heterocycles. The molecule has 2 rings (SSSR count). The van der Waals surface area contributed by atoms with E-state index in [0.29, 0.717) is 11.5 Å². The average molecular weight is 270 g/mol. The van der Waals surface area contributed by atoms with Crippen molar-refractivity contribution in [2.75, 3.05) is 0 Å². The van der Waals surface area contributed by atoms with Crippen molar-refractivity contribution in [1.29, 1.82) is 0 Å². The molecule has 0 atom stereocenters. The second-order valence-electron chi connectivity index (χ2n) is 5.54. The Labute approximate surface area is 120 Å². The van der Waals surface area contributed by atoms with Gasteiger partial charge in [-0.1, -0.05) is 38.1 Å². The molecule has 0 amide bonds. The van der Waals surface area contributed by atoms with Crippen molar-refractivity contribution in [3.63, 3.8) is 0 Å². The number of aryl methyl sites for hydroxylation is 1. The van der Waals surface area contributed by atoms with Crippen LogP contribution in [0.25, 0.3) is 11.3 Å². The fourth-order valence-electron chi connectivity index (χ4n) is 2.43. The van der Waals surface area contributed by atoms with E-state index in [1.165, 1.54) is 5.56 Å². The van der Waals surface area contributed by atoms with Crippen LogP contribution < -0.4 is 11.3 Å². The standard InChI is InChI=1S/C17H22N2O/c1-11(2)13-5-7-14(8-6-13)16-9-12(3)15(10-18)17(20)19(16)4/h5-9,11H,10,18H2,1-4H3. The molecule has 3 heteroatoms. The minimum absolute atomic E-state index is 0.00423.